The highest BCUT2D eigenvalue weighted by molar-refractivity contribution is 7.26. The van der Waals surface area contributed by atoms with Gasteiger partial charge in [-0.2, -0.15) is 0 Å². The van der Waals surface area contributed by atoms with Gasteiger partial charge in [-0.25, -0.2) is 0 Å². The van der Waals surface area contributed by atoms with Gasteiger partial charge in [0.15, 0.2) is 0 Å². The molecule has 0 unspecified atom stereocenters. The van der Waals surface area contributed by atoms with Gasteiger partial charge in [0.25, 0.3) is 0 Å². The molecule has 0 bridgehead atoms. The molecule has 0 radical (unpaired) electrons. The second-order valence-electron chi connectivity index (χ2n) is 14.0. The van der Waals surface area contributed by atoms with Gasteiger partial charge in [0.2, 0.25) is 0 Å². The van der Waals surface area contributed by atoms with Gasteiger partial charge in [0.1, 0.15) is 11.2 Å². The lowest BCUT2D eigenvalue weighted by molar-refractivity contribution is 0.669. The number of hydrogen-bond donors (Lipinski definition) is 0. The minimum Gasteiger partial charge on any atom is -0.456 e. The van der Waals surface area contributed by atoms with E-state index in [0.29, 0.717) is 0 Å². The van der Waals surface area contributed by atoms with E-state index in [0.717, 1.165) is 44.4 Å². The summed E-state index contributed by atoms with van der Waals surface area (Å²) in [6.45, 7) is 0. The Hall–Kier alpha value is -6.94. The van der Waals surface area contributed by atoms with E-state index in [1.807, 2.05) is 23.5 Å². The summed E-state index contributed by atoms with van der Waals surface area (Å²) in [5, 5.41) is 7.24. The molecule has 0 aliphatic rings. The van der Waals surface area contributed by atoms with E-state index in [1.165, 1.54) is 58.9 Å². The Morgan fingerprint density at radius 3 is 1.73 bits per heavy atom. The number of fused-ring (bicyclic) bond motifs is 7. The first-order valence-electron chi connectivity index (χ1n) is 18.7. The van der Waals surface area contributed by atoms with Crippen LogP contribution in [0.4, 0.5) is 17.1 Å². The van der Waals surface area contributed by atoms with Crippen LogP contribution in [0.1, 0.15) is 0 Å². The number of para-hydroxylation sites is 1. The van der Waals surface area contributed by atoms with Crippen molar-refractivity contribution < 1.29 is 4.42 Å². The van der Waals surface area contributed by atoms with Crippen LogP contribution in [0.3, 0.4) is 0 Å². The first-order chi connectivity index (χ1) is 27.3. The summed E-state index contributed by atoms with van der Waals surface area (Å²) in [6.07, 6.45) is 0. The Morgan fingerprint density at radius 1 is 0.364 bits per heavy atom. The van der Waals surface area contributed by atoms with Crippen LogP contribution in [0.25, 0.3) is 86.3 Å². The third kappa shape index (κ3) is 5.24. The highest BCUT2D eigenvalue weighted by Gasteiger charge is 2.25. The first kappa shape index (κ1) is 31.6. The van der Waals surface area contributed by atoms with Gasteiger partial charge in [-0.15, -0.1) is 11.3 Å². The minimum absolute atomic E-state index is 0.901. The molecule has 11 aromatic rings. The van der Waals surface area contributed by atoms with Gasteiger partial charge in [-0.1, -0.05) is 158 Å². The Kier molecular flexibility index (Phi) is 7.39. The SMILES string of the molecule is c1ccc(-c2ccc3c(sc4ccccc43)c2N(c2ccc(-c3ccc4c(c3)oc3ccccc34)cc2)c2ccc(-c3ccccc3)c3ccccc23)cc1. The molecule has 0 aliphatic heterocycles. The Bertz CT molecular complexity index is 3190. The minimum atomic E-state index is 0.901. The topological polar surface area (TPSA) is 16.4 Å². The molecule has 55 heavy (non-hydrogen) atoms. The molecule has 2 heterocycles. The van der Waals surface area contributed by atoms with Gasteiger partial charge < -0.3 is 9.32 Å². The molecule has 0 spiro atoms. The van der Waals surface area contributed by atoms with E-state index in [-0.39, 0.29) is 0 Å². The molecule has 258 valence electrons. The zero-order valence-corrected chi connectivity index (χ0v) is 30.6. The Morgan fingerprint density at radius 2 is 0.945 bits per heavy atom. The van der Waals surface area contributed by atoms with Gasteiger partial charge in [-0.3, -0.25) is 0 Å². The van der Waals surface area contributed by atoms with E-state index in [2.05, 4.69) is 193 Å². The predicted octanol–water partition coefficient (Wildman–Crippen LogP) is 15.6. The van der Waals surface area contributed by atoms with Gasteiger partial charge in [0.05, 0.1) is 16.1 Å². The number of anilines is 3. The average molecular weight is 720 g/mol. The Labute approximate surface area is 322 Å². The molecule has 0 saturated carbocycles. The number of furan rings is 1. The van der Waals surface area contributed by atoms with Gasteiger partial charge in [0, 0.05) is 42.9 Å². The maximum atomic E-state index is 6.29. The molecule has 11 rings (SSSR count). The fourth-order valence-corrected chi connectivity index (χ4v) is 9.53. The third-order valence-corrected chi connectivity index (χ3v) is 12.1. The van der Waals surface area contributed by atoms with Crippen molar-refractivity contribution in [2.75, 3.05) is 4.90 Å². The number of benzene rings is 9. The molecule has 0 aliphatic carbocycles. The molecule has 2 nitrogen and oxygen atoms in total. The lowest BCUT2D eigenvalue weighted by Gasteiger charge is -2.30. The molecule has 0 amide bonds. The molecule has 0 atom stereocenters. The smallest absolute Gasteiger partial charge is 0.136 e. The number of hydrogen-bond acceptors (Lipinski definition) is 3. The van der Waals surface area contributed by atoms with E-state index < -0.39 is 0 Å². The summed E-state index contributed by atoms with van der Waals surface area (Å²) in [5.74, 6) is 0. The number of rotatable bonds is 6. The van der Waals surface area contributed by atoms with E-state index in [4.69, 9.17) is 4.42 Å². The van der Waals surface area contributed by atoms with E-state index >= 15 is 0 Å². The zero-order chi connectivity index (χ0) is 36.3. The number of thiophene rings is 1. The zero-order valence-electron chi connectivity index (χ0n) is 29.8. The van der Waals surface area contributed by atoms with Crippen molar-refractivity contribution in [1.82, 2.24) is 0 Å². The summed E-state index contributed by atoms with van der Waals surface area (Å²) in [4.78, 5) is 2.50. The molecule has 9 aromatic carbocycles. The quantitative estimate of drug-likeness (QED) is 0.170. The standard InChI is InChI=1S/C52H33NOS/c1-3-13-35(14-4-1)39-31-32-47(42-18-8-7-17-41(39)42)53(38-26-23-34(24-27-38)37-25-28-44-43-19-9-11-21-48(43)54-49(44)33-37)51-40(36-15-5-2-6-16-36)29-30-46-45-20-10-12-22-50(45)55-52(46)51/h1-33H. The van der Waals surface area contributed by atoms with Crippen molar-refractivity contribution in [2.24, 2.45) is 0 Å². The van der Waals surface area contributed by atoms with Crippen molar-refractivity contribution >= 4 is 81.3 Å². The van der Waals surface area contributed by atoms with Crippen molar-refractivity contribution in [3.63, 3.8) is 0 Å². The predicted molar refractivity (Wildman–Crippen MR) is 235 cm³/mol. The summed E-state index contributed by atoms with van der Waals surface area (Å²) < 4.78 is 8.83. The lowest BCUT2D eigenvalue weighted by atomic mass is 9.95. The van der Waals surface area contributed by atoms with Crippen molar-refractivity contribution in [1.29, 1.82) is 0 Å². The maximum absolute atomic E-state index is 6.29. The fraction of sp³-hybridized carbons (Fsp3) is 0. The first-order valence-corrected chi connectivity index (χ1v) is 19.5. The van der Waals surface area contributed by atoms with Crippen LogP contribution in [0.15, 0.2) is 205 Å². The summed E-state index contributed by atoms with van der Waals surface area (Å²) in [7, 11) is 0. The highest BCUT2D eigenvalue weighted by atomic mass is 32.1. The molecular formula is C52H33NOS. The van der Waals surface area contributed by atoms with E-state index in [1.54, 1.807) is 0 Å². The molecule has 0 fully saturated rings. The molecule has 0 N–H and O–H groups in total. The van der Waals surface area contributed by atoms with E-state index in [9.17, 15) is 0 Å². The van der Waals surface area contributed by atoms with Gasteiger partial charge in [-0.05, 0) is 75.7 Å². The third-order valence-electron chi connectivity index (χ3n) is 10.9. The Balaban J connectivity index is 1.17. The van der Waals surface area contributed by atoms with Crippen LogP contribution in [0, 0.1) is 0 Å². The second-order valence-corrected chi connectivity index (χ2v) is 15.1. The molecule has 0 saturated heterocycles. The van der Waals surface area contributed by atoms with Crippen molar-refractivity contribution in [2.45, 2.75) is 0 Å². The van der Waals surface area contributed by atoms with Crippen LogP contribution in [0.2, 0.25) is 0 Å². The normalized spacial score (nSPS) is 11.6. The fourth-order valence-electron chi connectivity index (χ4n) is 8.29. The number of nitrogens with zero attached hydrogens (tertiary/aromatic N) is 1. The molecule has 2 aromatic heterocycles. The van der Waals surface area contributed by atoms with Crippen molar-refractivity contribution in [3.05, 3.63) is 200 Å². The van der Waals surface area contributed by atoms with Crippen LogP contribution < -0.4 is 4.90 Å². The van der Waals surface area contributed by atoms with Gasteiger partial charge >= 0.3 is 0 Å². The van der Waals surface area contributed by atoms with Crippen LogP contribution in [-0.2, 0) is 0 Å². The average Bonchev–Trinajstić information content (AvgIpc) is 3.83. The summed E-state index contributed by atoms with van der Waals surface area (Å²) in [6, 6.07) is 72.3. The van der Waals surface area contributed by atoms with Crippen LogP contribution in [-0.4, -0.2) is 0 Å². The largest absolute Gasteiger partial charge is 0.456 e. The summed E-state index contributed by atoms with van der Waals surface area (Å²) in [5.41, 5.74) is 12.3. The van der Waals surface area contributed by atoms with Crippen molar-refractivity contribution in [3.8, 4) is 33.4 Å². The molecule has 3 heteroatoms. The maximum Gasteiger partial charge on any atom is 0.136 e. The lowest BCUT2D eigenvalue weighted by Crippen LogP contribution is -2.12. The van der Waals surface area contributed by atoms with Crippen LogP contribution >= 0.6 is 11.3 Å². The summed E-state index contributed by atoms with van der Waals surface area (Å²) >= 11 is 1.87. The monoisotopic (exact) mass is 719 g/mol. The molecular weight excluding hydrogens is 687 g/mol. The highest BCUT2D eigenvalue weighted by Crippen LogP contribution is 2.51. The second kappa shape index (κ2) is 12.9. The van der Waals surface area contributed by atoms with Crippen LogP contribution in [0.5, 0.6) is 0 Å².